The summed E-state index contributed by atoms with van der Waals surface area (Å²) in [7, 11) is 1.28. The predicted molar refractivity (Wildman–Crippen MR) is 111 cm³/mol. The molecule has 1 heterocycles. The van der Waals surface area contributed by atoms with E-state index in [0.717, 1.165) is 5.56 Å². The number of carbonyl (C=O) groups excluding carboxylic acids is 2. The monoisotopic (exact) mass is 408 g/mol. The van der Waals surface area contributed by atoms with E-state index in [1.165, 1.54) is 7.11 Å². The van der Waals surface area contributed by atoms with Gasteiger partial charge in [0.15, 0.2) is 11.5 Å². The highest BCUT2D eigenvalue weighted by Gasteiger charge is 2.29. The summed E-state index contributed by atoms with van der Waals surface area (Å²) in [6, 6.07) is 17.9. The quantitative estimate of drug-likeness (QED) is 0.567. The molecule has 0 aliphatic carbocycles. The Morgan fingerprint density at radius 1 is 1.03 bits per heavy atom. The van der Waals surface area contributed by atoms with Crippen molar-refractivity contribution in [3.05, 3.63) is 77.8 Å². The molecule has 0 fully saturated rings. The minimum absolute atomic E-state index is 0.0591. The standard InChI is InChI=1S/C23H24N2O5/c1-15(2)18(25-23(27)29-14-16-10-6-4-7-11-16)21-24-19(22(26)28-3)20(30-21)17-12-8-5-9-13-17/h4-13,15,18H,14H2,1-3H3,(H,25,27)/t18-/m0/s1. The van der Waals surface area contributed by atoms with E-state index in [-0.39, 0.29) is 24.1 Å². The lowest BCUT2D eigenvalue weighted by atomic mass is 10.1. The Bertz CT molecular complexity index is 983. The molecule has 156 valence electrons. The molecule has 0 unspecified atom stereocenters. The average molecular weight is 408 g/mol. The minimum atomic E-state index is -0.613. The highest BCUT2D eigenvalue weighted by Crippen LogP contribution is 2.30. The zero-order valence-electron chi connectivity index (χ0n) is 17.1. The molecule has 3 rings (SSSR count). The van der Waals surface area contributed by atoms with Crippen LogP contribution in [0.25, 0.3) is 11.3 Å². The maximum Gasteiger partial charge on any atom is 0.408 e. The predicted octanol–water partition coefficient (Wildman–Crippen LogP) is 4.75. The fourth-order valence-electron chi connectivity index (χ4n) is 2.90. The second kappa shape index (κ2) is 9.73. The maximum atomic E-state index is 12.4. The average Bonchev–Trinajstić information content (AvgIpc) is 3.21. The first kappa shape index (κ1) is 21.1. The number of carbonyl (C=O) groups is 2. The number of hydrogen-bond acceptors (Lipinski definition) is 6. The molecule has 0 spiro atoms. The Balaban J connectivity index is 1.82. The number of ether oxygens (including phenoxy) is 2. The second-order valence-electron chi connectivity index (χ2n) is 7.02. The molecule has 0 bridgehead atoms. The molecule has 1 aromatic heterocycles. The van der Waals surface area contributed by atoms with E-state index < -0.39 is 18.1 Å². The van der Waals surface area contributed by atoms with E-state index in [1.54, 1.807) is 0 Å². The maximum absolute atomic E-state index is 12.4. The SMILES string of the molecule is COC(=O)c1nc([C@@H](NC(=O)OCc2ccccc2)C(C)C)oc1-c1ccccc1. The van der Waals surface area contributed by atoms with Gasteiger partial charge >= 0.3 is 12.1 Å². The molecular formula is C23H24N2O5. The van der Waals surface area contributed by atoms with Gasteiger partial charge in [-0.05, 0) is 11.5 Å². The van der Waals surface area contributed by atoms with Crippen molar-refractivity contribution in [1.29, 1.82) is 0 Å². The Morgan fingerprint density at radius 2 is 1.67 bits per heavy atom. The first-order chi connectivity index (χ1) is 14.5. The Kier molecular flexibility index (Phi) is 6.85. The summed E-state index contributed by atoms with van der Waals surface area (Å²) in [4.78, 5) is 28.9. The summed E-state index contributed by atoms with van der Waals surface area (Å²) in [5, 5.41) is 2.78. The number of nitrogens with one attached hydrogen (secondary N) is 1. The van der Waals surface area contributed by atoms with Gasteiger partial charge in [0.2, 0.25) is 5.89 Å². The van der Waals surface area contributed by atoms with Crippen molar-refractivity contribution in [3.63, 3.8) is 0 Å². The molecule has 2 aromatic carbocycles. The van der Waals surface area contributed by atoms with Crippen LogP contribution in [-0.4, -0.2) is 24.2 Å². The molecule has 3 aromatic rings. The van der Waals surface area contributed by atoms with Gasteiger partial charge in [-0.15, -0.1) is 0 Å². The van der Waals surface area contributed by atoms with E-state index in [0.29, 0.717) is 11.3 Å². The van der Waals surface area contributed by atoms with E-state index >= 15 is 0 Å². The molecule has 0 radical (unpaired) electrons. The van der Waals surface area contributed by atoms with Gasteiger partial charge in [0.25, 0.3) is 0 Å². The molecule has 1 atom stereocenters. The Morgan fingerprint density at radius 3 is 2.27 bits per heavy atom. The number of nitrogens with zero attached hydrogens (tertiary/aromatic N) is 1. The summed E-state index contributed by atoms with van der Waals surface area (Å²) in [6.07, 6.45) is -0.600. The molecule has 7 nitrogen and oxygen atoms in total. The largest absolute Gasteiger partial charge is 0.464 e. The lowest BCUT2D eigenvalue weighted by molar-refractivity contribution is 0.0595. The van der Waals surface area contributed by atoms with Crippen molar-refractivity contribution in [2.24, 2.45) is 5.92 Å². The van der Waals surface area contributed by atoms with Gasteiger partial charge in [-0.2, -0.15) is 0 Å². The molecule has 1 amide bonds. The van der Waals surface area contributed by atoms with E-state index in [9.17, 15) is 9.59 Å². The van der Waals surface area contributed by atoms with Crippen LogP contribution in [0.2, 0.25) is 0 Å². The number of oxazole rings is 1. The smallest absolute Gasteiger partial charge is 0.408 e. The van der Waals surface area contributed by atoms with Gasteiger partial charge in [0.05, 0.1) is 7.11 Å². The number of aromatic nitrogens is 1. The summed E-state index contributed by atoms with van der Waals surface area (Å²) >= 11 is 0. The lowest BCUT2D eigenvalue weighted by Crippen LogP contribution is -2.32. The van der Waals surface area contributed by atoms with Crippen LogP contribution in [0.15, 0.2) is 65.1 Å². The molecule has 30 heavy (non-hydrogen) atoms. The topological polar surface area (TPSA) is 90.7 Å². The van der Waals surface area contributed by atoms with Crippen molar-refractivity contribution in [2.75, 3.05) is 7.11 Å². The van der Waals surface area contributed by atoms with Gasteiger partial charge in [-0.1, -0.05) is 74.5 Å². The zero-order valence-corrected chi connectivity index (χ0v) is 17.1. The molecule has 0 saturated heterocycles. The molecule has 7 heteroatoms. The molecule has 1 N–H and O–H groups in total. The third kappa shape index (κ3) is 5.05. The normalized spacial score (nSPS) is 11.7. The number of alkyl carbamates (subject to hydrolysis) is 1. The second-order valence-corrected chi connectivity index (χ2v) is 7.02. The van der Waals surface area contributed by atoms with Crippen molar-refractivity contribution < 1.29 is 23.5 Å². The van der Waals surface area contributed by atoms with Crippen LogP contribution >= 0.6 is 0 Å². The summed E-state index contributed by atoms with van der Waals surface area (Å²) in [5.74, 6) is -0.177. The van der Waals surface area contributed by atoms with Crippen LogP contribution < -0.4 is 5.32 Å². The van der Waals surface area contributed by atoms with Crippen LogP contribution in [0.5, 0.6) is 0 Å². The fourth-order valence-corrected chi connectivity index (χ4v) is 2.90. The van der Waals surface area contributed by atoms with Crippen molar-refractivity contribution in [2.45, 2.75) is 26.5 Å². The Labute approximate surface area is 175 Å². The van der Waals surface area contributed by atoms with E-state index in [1.807, 2.05) is 74.5 Å². The van der Waals surface area contributed by atoms with Gasteiger partial charge in [0, 0.05) is 5.56 Å². The molecular weight excluding hydrogens is 384 g/mol. The first-order valence-corrected chi connectivity index (χ1v) is 9.61. The van der Waals surface area contributed by atoms with Crippen LogP contribution in [0.3, 0.4) is 0 Å². The van der Waals surface area contributed by atoms with Crippen LogP contribution in [0, 0.1) is 5.92 Å². The molecule has 0 aliphatic rings. The first-order valence-electron chi connectivity index (χ1n) is 9.61. The van der Waals surface area contributed by atoms with Crippen LogP contribution in [-0.2, 0) is 16.1 Å². The third-order valence-electron chi connectivity index (χ3n) is 4.48. The molecule has 0 saturated carbocycles. The van der Waals surface area contributed by atoms with E-state index in [2.05, 4.69) is 10.3 Å². The van der Waals surface area contributed by atoms with Crippen molar-refractivity contribution in [3.8, 4) is 11.3 Å². The lowest BCUT2D eigenvalue weighted by Gasteiger charge is -2.19. The number of esters is 1. The number of benzene rings is 2. The van der Waals surface area contributed by atoms with Crippen LogP contribution in [0.4, 0.5) is 4.79 Å². The molecule has 0 aliphatic heterocycles. The minimum Gasteiger partial charge on any atom is -0.464 e. The van der Waals surface area contributed by atoms with Gasteiger partial charge in [0.1, 0.15) is 12.6 Å². The van der Waals surface area contributed by atoms with Crippen molar-refractivity contribution in [1.82, 2.24) is 10.3 Å². The number of hydrogen-bond donors (Lipinski definition) is 1. The fraction of sp³-hybridized carbons (Fsp3) is 0.261. The number of amides is 1. The number of rotatable bonds is 7. The highest BCUT2D eigenvalue weighted by atomic mass is 16.5. The summed E-state index contributed by atoms with van der Waals surface area (Å²) < 4.78 is 16.1. The van der Waals surface area contributed by atoms with Gasteiger partial charge in [-0.3, -0.25) is 0 Å². The number of methoxy groups -OCH3 is 1. The zero-order chi connectivity index (χ0) is 21.5. The Hall–Kier alpha value is -3.61. The highest BCUT2D eigenvalue weighted by molar-refractivity contribution is 5.93. The van der Waals surface area contributed by atoms with Gasteiger partial charge in [-0.25, -0.2) is 14.6 Å². The van der Waals surface area contributed by atoms with Crippen LogP contribution in [0.1, 0.15) is 41.8 Å². The summed E-state index contributed by atoms with van der Waals surface area (Å²) in [6.45, 7) is 3.96. The van der Waals surface area contributed by atoms with Crippen molar-refractivity contribution >= 4 is 12.1 Å². The summed E-state index contributed by atoms with van der Waals surface area (Å²) in [5.41, 5.74) is 1.62. The van der Waals surface area contributed by atoms with E-state index in [4.69, 9.17) is 13.9 Å². The van der Waals surface area contributed by atoms with Gasteiger partial charge < -0.3 is 19.2 Å². The third-order valence-corrected chi connectivity index (χ3v) is 4.48.